The van der Waals surface area contributed by atoms with Crippen LogP contribution in [0.2, 0.25) is 0 Å². The van der Waals surface area contributed by atoms with E-state index in [1.807, 2.05) is 0 Å². The van der Waals surface area contributed by atoms with E-state index in [4.69, 9.17) is 0 Å². The quantitative estimate of drug-likeness (QED) is 0.184. The SMILES string of the molecule is C1=CC2c3ccc(-c4c5ccccc5c(-c5ccccc5)c5ccccc45)cc3C(c3ccccc3)(c3ccccc3)C2C=C1. The second-order valence-corrected chi connectivity index (χ2v) is 12.4. The minimum Gasteiger partial charge on any atom is -0.0789 e. The summed E-state index contributed by atoms with van der Waals surface area (Å²) in [5.74, 6) is 0.597. The van der Waals surface area contributed by atoms with Gasteiger partial charge in [-0.25, -0.2) is 0 Å². The molecule has 0 heteroatoms. The van der Waals surface area contributed by atoms with E-state index in [1.54, 1.807) is 0 Å². The van der Waals surface area contributed by atoms with Crippen molar-refractivity contribution in [3.63, 3.8) is 0 Å². The summed E-state index contributed by atoms with van der Waals surface area (Å²) in [7, 11) is 0. The summed E-state index contributed by atoms with van der Waals surface area (Å²) < 4.78 is 0. The number of allylic oxidation sites excluding steroid dienone is 4. The Balaban J connectivity index is 1.39. The van der Waals surface area contributed by atoms with Crippen LogP contribution in [-0.2, 0) is 5.41 Å². The maximum Gasteiger partial charge on any atom is 0.0525 e. The van der Waals surface area contributed by atoms with E-state index in [2.05, 4.69) is 182 Å². The number of benzene rings is 7. The first kappa shape index (κ1) is 26.0. The van der Waals surface area contributed by atoms with Gasteiger partial charge in [0.1, 0.15) is 0 Å². The lowest BCUT2D eigenvalue weighted by atomic mass is 9.63. The lowest BCUT2D eigenvalue weighted by Gasteiger charge is -2.39. The molecule has 0 fully saturated rings. The van der Waals surface area contributed by atoms with Crippen molar-refractivity contribution in [1.82, 2.24) is 0 Å². The van der Waals surface area contributed by atoms with Gasteiger partial charge in [-0.3, -0.25) is 0 Å². The van der Waals surface area contributed by atoms with Gasteiger partial charge in [-0.1, -0.05) is 176 Å². The highest BCUT2D eigenvalue weighted by atomic mass is 14.5. The van der Waals surface area contributed by atoms with E-state index in [0.29, 0.717) is 5.92 Å². The first-order chi connectivity index (χ1) is 22.4. The van der Waals surface area contributed by atoms with Crippen LogP contribution < -0.4 is 0 Å². The molecule has 0 radical (unpaired) electrons. The average Bonchev–Trinajstić information content (AvgIpc) is 3.42. The van der Waals surface area contributed by atoms with Crippen molar-refractivity contribution >= 4 is 21.5 Å². The zero-order chi connectivity index (χ0) is 29.8. The zero-order valence-corrected chi connectivity index (χ0v) is 25.0. The van der Waals surface area contributed by atoms with Crippen LogP contribution in [0, 0.1) is 5.92 Å². The number of hydrogen-bond acceptors (Lipinski definition) is 0. The Morgan fingerprint density at radius 2 is 0.867 bits per heavy atom. The zero-order valence-electron chi connectivity index (χ0n) is 25.0. The predicted molar refractivity (Wildman–Crippen MR) is 190 cm³/mol. The fourth-order valence-electron chi connectivity index (χ4n) is 8.46. The molecule has 212 valence electrons. The Morgan fingerprint density at radius 1 is 0.400 bits per heavy atom. The molecule has 45 heavy (non-hydrogen) atoms. The second kappa shape index (κ2) is 10.3. The maximum atomic E-state index is 2.53. The minimum atomic E-state index is -0.310. The Kier molecular flexibility index (Phi) is 5.96. The minimum absolute atomic E-state index is 0.284. The molecule has 0 saturated carbocycles. The van der Waals surface area contributed by atoms with Crippen molar-refractivity contribution in [3.8, 4) is 22.3 Å². The first-order valence-corrected chi connectivity index (χ1v) is 16.0. The van der Waals surface area contributed by atoms with Crippen LogP contribution >= 0.6 is 0 Å². The highest BCUT2D eigenvalue weighted by Gasteiger charge is 2.52. The van der Waals surface area contributed by atoms with Gasteiger partial charge in [0.05, 0.1) is 5.41 Å². The fraction of sp³-hybridized carbons (Fsp3) is 0.0667. The second-order valence-electron chi connectivity index (χ2n) is 12.4. The molecule has 0 aromatic heterocycles. The lowest BCUT2D eigenvalue weighted by molar-refractivity contribution is 0.457. The molecule has 0 nitrogen and oxygen atoms in total. The Hall–Kier alpha value is -5.46. The largest absolute Gasteiger partial charge is 0.0789 e. The van der Waals surface area contributed by atoms with Crippen LogP contribution in [-0.4, -0.2) is 0 Å². The molecule has 0 aliphatic heterocycles. The van der Waals surface area contributed by atoms with Gasteiger partial charge in [-0.15, -0.1) is 0 Å². The van der Waals surface area contributed by atoms with E-state index in [1.165, 1.54) is 66.1 Å². The molecule has 7 aromatic carbocycles. The monoisotopic (exact) mass is 572 g/mol. The summed E-state index contributed by atoms with van der Waals surface area (Å²) in [5.41, 5.74) is 10.3. The van der Waals surface area contributed by atoms with E-state index in [0.717, 1.165) is 0 Å². The highest BCUT2D eigenvalue weighted by Crippen LogP contribution is 2.60. The third kappa shape index (κ3) is 3.79. The van der Waals surface area contributed by atoms with Crippen molar-refractivity contribution in [1.29, 1.82) is 0 Å². The van der Waals surface area contributed by atoms with E-state index in [-0.39, 0.29) is 11.3 Å². The van der Waals surface area contributed by atoms with Crippen molar-refractivity contribution in [2.45, 2.75) is 11.3 Å². The Morgan fingerprint density at radius 3 is 1.42 bits per heavy atom. The van der Waals surface area contributed by atoms with Gasteiger partial charge in [0, 0.05) is 11.8 Å². The molecular weight excluding hydrogens is 540 g/mol. The summed E-state index contributed by atoms with van der Waals surface area (Å²) in [6.45, 7) is 0. The summed E-state index contributed by atoms with van der Waals surface area (Å²) >= 11 is 0. The van der Waals surface area contributed by atoms with Gasteiger partial charge in [-0.2, -0.15) is 0 Å². The van der Waals surface area contributed by atoms with Gasteiger partial charge in [0.15, 0.2) is 0 Å². The summed E-state index contributed by atoms with van der Waals surface area (Å²) in [6.07, 6.45) is 9.34. The van der Waals surface area contributed by atoms with Gasteiger partial charge >= 0.3 is 0 Å². The molecule has 2 atom stereocenters. The van der Waals surface area contributed by atoms with Crippen LogP contribution in [0.1, 0.15) is 28.2 Å². The molecule has 0 heterocycles. The van der Waals surface area contributed by atoms with E-state index < -0.39 is 0 Å². The molecule has 2 aliphatic rings. The lowest BCUT2D eigenvalue weighted by Crippen LogP contribution is -2.35. The van der Waals surface area contributed by atoms with Gasteiger partial charge in [-0.05, 0) is 72.1 Å². The molecule has 7 aromatic rings. The molecule has 0 saturated heterocycles. The van der Waals surface area contributed by atoms with E-state index in [9.17, 15) is 0 Å². The number of fused-ring (bicyclic) bond motifs is 5. The smallest absolute Gasteiger partial charge is 0.0525 e. The van der Waals surface area contributed by atoms with Crippen LogP contribution in [0.5, 0.6) is 0 Å². The van der Waals surface area contributed by atoms with Crippen molar-refractivity contribution < 1.29 is 0 Å². The van der Waals surface area contributed by atoms with Gasteiger partial charge in [0.25, 0.3) is 0 Å². The molecule has 2 unspecified atom stereocenters. The molecule has 0 amide bonds. The topological polar surface area (TPSA) is 0 Å². The van der Waals surface area contributed by atoms with Crippen LogP contribution in [0.25, 0.3) is 43.8 Å². The summed E-state index contributed by atoms with van der Waals surface area (Å²) in [5, 5.41) is 5.15. The first-order valence-electron chi connectivity index (χ1n) is 16.0. The number of hydrogen-bond donors (Lipinski definition) is 0. The van der Waals surface area contributed by atoms with Crippen LogP contribution in [0.15, 0.2) is 182 Å². The molecular formula is C45H32. The Labute approximate surface area is 264 Å². The third-order valence-electron chi connectivity index (χ3n) is 10.2. The van der Waals surface area contributed by atoms with E-state index >= 15 is 0 Å². The third-order valence-corrected chi connectivity index (χ3v) is 10.2. The summed E-state index contributed by atoms with van der Waals surface area (Å²) in [6, 6.07) is 58.5. The standard InChI is InChI=1S/C45H32/c1-4-16-31(17-5-1)43-37-23-10-12-25-39(37)44(40-26-13-11-24-38(40)43)32-28-29-36-35-22-14-15-27-41(35)45(42(36)30-32,33-18-6-2-7-19-33)34-20-8-3-9-21-34/h1-30,35,41H. The molecule has 0 bridgehead atoms. The fourth-order valence-corrected chi connectivity index (χ4v) is 8.46. The molecule has 0 spiro atoms. The molecule has 2 aliphatic carbocycles. The maximum absolute atomic E-state index is 2.53. The normalized spacial score (nSPS) is 17.8. The van der Waals surface area contributed by atoms with Crippen molar-refractivity contribution in [2.75, 3.05) is 0 Å². The Bertz CT molecular complexity index is 2160. The molecule has 9 rings (SSSR count). The average molecular weight is 573 g/mol. The van der Waals surface area contributed by atoms with Crippen molar-refractivity contribution in [3.05, 3.63) is 204 Å². The predicted octanol–water partition coefficient (Wildman–Crippen LogP) is 11.5. The van der Waals surface area contributed by atoms with Gasteiger partial charge in [0.2, 0.25) is 0 Å². The van der Waals surface area contributed by atoms with Crippen molar-refractivity contribution in [2.24, 2.45) is 5.92 Å². The van der Waals surface area contributed by atoms with Gasteiger partial charge < -0.3 is 0 Å². The summed E-state index contributed by atoms with van der Waals surface area (Å²) in [4.78, 5) is 0. The highest BCUT2D eigenvalue weighted by molar-refractivity contribution is 6.21. The number of rotatable bonds is 4. The molecule has 0 N–H and O–H groups in total. The van der Waals surface area contributed by atoms with Crippen LogP contribution in [0.3, 0.4) is 0 Å². The van der Waals surface area contributed by atoms with Crippen LogP contribution in [0.4, 0.5) is 0 Å².